The number of rotatable bonds is 6. The normalized spacial score (nSPS) is 10.7. The van der Waals surface area contributed by atoms with Gasteiger partial charge in [0, 0.05) is 35.8 Å². The summed E-state index contributed by atoms with van der Waals surface area (Å²) in [5, 5.41) is 3.39. The Morgan fingerprint density at radius 3 is 2.46 bits per heavy atom. The number of nitrogens with one attached hydrogen (secondary N) is 1. The zero-order valence-corrected chi connectivity index (χ0v) is 22.2. The molecule has 1 amide bonds. The average molecular weight is 546 g/mol. The summed E-state index contributed by atoms with van der Waals surface area (Å²) in [6, 6.07) is 13.7. The Labute approximate surface area is 230 Å². The summed E-state index contributed by atoms with van der Waals surface area (Å²) < 4.78 is 22.8. The Kier molecular flexibility index (Phi) is 7.59. The molecule has 0 unspecified atom stereocenters. The van der Waals surface area contributed by atoms with Crippen molar-refractivity contribution >= 4 is 40.9 Å². The van der Waals surface area contributed by atoms with Crippen LogP contribution in [0.15, 0.2) is 73.2 Å². The number of nitrogens with zero attached hydrogens (tertiary/aromatic N) is 5. The van der Waals surface area contributed by atoms with E-state index in [1.165, 1.54) is 18.5 Å². The number of aromatic nitrogens is 5. The van der Waals surface area contributed by atoms with Gasteiger partial charge in [0.1, 0.15) is 17.8 Å². The highest BCUT2D eigenvalue weighted by Gasteiger charge is 2.23. The SMILES string of the molecule is C=C(C)C(=O)Nc1ccc(-c2c(-c3ccc(Oc4nccc(C)n4)c(F)c3)c3c(N)ncnc3n2C)cc1.Cl. The van der Waals surface area contributed by atoms with E-state index in [0.29, 0.717) is 39.1 Å². The number of hydrogen-bond donors (Lipinski definition) is 2. The van der Waals surface area contributed by atoms with Gasteiger partial charge in [-0.15, -0.1) is 12.4 Å². The molecule has 0 aliphatic rings. The number of amides is 1. The monoisotopic (exact) mass is 545 g/mol. The van der Waals surface area contributed by atoms with E-state index in [0.717, 1.165) is 11.3 Å². The van der Waals surface area contributed by atoms with E-state index < -0.39 is 5.82 Å². The molecule has 2 aromatic carbocycles. The van der Waals surface area contributed by atoms with Crippen molar-refractivity contribution in [1.29, 1.82) is 0 Å². The molecule has 0 saturated heterocycles. The molecule has 39 heavy (non-hydrogen) atoms. The average Bonchev–Trinajstić information content (AvgIpc) is 3.19. The lowest BCUT2D eigenvalue weighted by Gasteiger charge is -2.12. The van der Waals surface area contributed by atoms with Gasteiger partial charge in [-0.05, 0) is 55.3 Å². The second-order valence-electron chi connectivity index (χ2n) is 8.78. The van der Waals surface area contributed by atoms with E-state index in [1.54, 1.807) is 44.3 Å². The van der Waals surface area contributed by atoms with Crippen LogP contribution in [0.4, 0.5) is 15.9 Å². The first-order valence-electron chi connectivity index (χ1n) is 11.7. The molecular weight excluding hydrogens is 521 g/mol. The lowest BCUT2D eigenvalue weighted by molar-refractivity contribution is -0.112. The summed E-state index contributed by atoms with van der Waals surface area (Å²) in [5.41, 5.74) is 11.4. The van der Waals surface area contributed by atoms with E-state index in [2.05, 4.69) is 31.8 Å². The molecule has 3 heterocycles. The van der Waals surface area contributed by atoms with Crippen LogP contribution in [-0.2, 0) is 11.8 Å². The molecular formula is C28H25ClFN7O2. The van der Waals surface area contributed by atoms with Gasteiger partial charge in [-0.2, -0.15) is 0 Å². The largest absolute Gasteiger partial charge is 0.421 e. The van der Waals surface area contributed by atoms with Gasteiger partial charge < -0.3 is 20.4 Å². The summed E-state index contributed by atoms with van der Waals surface area (Å²) in [7, 11) is 1.85. The molecule has 0 aliphatic carbocycles. The molecule has 0 saturated carbocycles. The smallest absolute Gasteiger partial charge is 0.322 e. The van der Waals surface area contributed by atoms with Crippen LogP contribution in [0, 0.1) is 12.7 Å². The highest BCUT2D eigenvalue weighted by Crippen LogP contribution is 2.42. The lowest BCUT2D eigenvalue weighted by atomic mass is 9.98. The number of ether oxygens (including phenoxy) is 1. The molecule has 0 atom stereocenters. The predicted octanol–water partition coefficient (Wildman–Crippen LogP) is 5.85. The molecule has 0 bridgehead atoms. The number of carbonyl (C=O) groups excluding carboxylic acids is 1. The first-order chi connectivity index (χ1) is 18.2. The van der Waals surface area contributed by atoms with Crippen LogP contribution in [0.25, 0.3) is 33.4 Å². The highest BCUT2D eigenvalue weighted by atomic mass is 35.5. The van der Waals surface area contributed by atoms with Crippen LogP contribution in [0.3, 0.4) is 0 Å². The predicted molar refractivity (Wildman–Crippen MR) is 151 cm³/mol. The molecule has 0 radical (unpaired) electrons. The fourth-order valence-electron chi connectivity index (χ4n) is 4.16. The fourth-order valence-corrected chi connectivity index (χ4v) is 4.16. The van der Waals surface area contributed by atoms with Crippen LogP contribution in [0.2, 0.25) is 0 Å². The number of hydrogen-bond acceptors (Lipinski definition) is 7. The van der Waals surface area contributed by atoms with Crippen molar-refractivity contribution in [1.82, 2.24) is 24.5 Å². The Bertz CT molecular complexity index is 1720. The van der Waals surface area contributed by atoms with E-state index in [1.807, 2.05) is 23.7 Å². The molecule has 9 nitrogen and oxygen atoms in total. The first-order valence-corrected chi connectivity index (χ1v) is 11.7. The summed E-state index contributed by atoms with van der Waals surface area (Å²) in [5.74, 6) is -0.599. The molecule has 3 N–H and O–H groups in total. The Morgan fingerprint density at radius 2 is 1.79 bits per heavy atom. The van der Waals surface area contributed by atoms with Gasteiger partial charge in [0.25, 0.3) is 5.91 Å². The summed E-state index contributed by atoms with van der Waals surface area (Å²) >= 11 is 0. The van der Waals surface area contributed by atoms with Crippen LogP contribution < -0.4 is 15.8 Å². The van der Waals surface area contributed by atoms with E-state index in [9.17, 15) is 4.79 Å². The maximum atomic E-state index is 15.3. The van der Waals surface area contributed by atoms with E-state index in [-0.39, 0.29) is 35.9 Å². The zero-order chi connectivity index (χ0) is 27.0. The van der Waals surface area contributed by atoms with Crippen molar-refractivity contribution in [3.8, 4) is 34.1 Å². The third-order valence-electron chi connectivity index (χ3n) is 5.99. The van der Waals surface area contributed by atoms with E-state index >= 15 is 4.39 Å². The number of halogens is 2. The number of nitrogens with two attached hydrogens (primary N) is 1. The second kappa shape index (κ2) is 10.9. The minimum atomic E-state index is -0.594. The van der Waals surface area contributed by atoms with Gasteiger partial charge in [-0.25, -0.2) is 24.3 Å². The summed E-state index contributed by atoms with van der Waals surface area (Å²) in [4.78, 5) is 28.8. The van der Waals surface area contributed by atoms with Gasteiger partial charge in [0.15, 0.2) is 11.6 Å². The maximum absolute atomic E-state index is 15.3. The van der Waals surface area contributed by atoms with E-state index in [4.69, 9.17) is 10.5 Å². The fraction of sp³-hybridized carbons (Fsp3) is 0.107. The molecule has 3 aromatic heterocycles. The lowest BCUT2D eigenvalue weighted by Crippen LogP contribution is -2.11. The number of carbonyl (C=O) groups is 1. The van der Waals surface area contributed by atoms with Gasteiger partial charge in [-0.3, -0.25) is 4.79 Å². The second-order valence-corrected chi connectivity index (χ2v) is 8.78. The number of benzene rings is 2. The van der Waals surface area contributed by atoms with Crippen LogP contribution in [-0.4, -0.2) is 30.4 Å². The summed E-state index contributed by atoms with van der Waals surface area (Å²) in [6.45, 7) is 7.09. The van der Waals surface area contributed by atoms with Gasteiger partial charge >= 0.3 is 6.01 Å². The zero-order valence-electron chi connectivity index (χ0n) is 21.4. The van der Waals surface area contributed by atoms with Gasteiger partial charge in [0.2, 0.25) is 0 Å². The van der Waals surface area contributed by atoms with Crippen LogP contribution in [0.1, 0.15) is 12.6 Å². The summed E-state index contributed by atoms with van der Waals surface area (Å²) in [6.07, 6.45) is 2.94. The molecule has 0 aliphatic heterocycles. The number of aryl methyl sites for hydroxylation is 2. The highest BCUT2D eigenvalue weighted by molar-refractivity contribution is 6.08. The third-order valence-corrected chi connectivity index (χ3v) is 5.99. The Balaban J connectivity index is 0.00000353. The standard InChI is InChI=1S/C28H24FN7O2.ClH/c1-15(2)27(37)35-19-8-5-17(6-9-19)24-22(23-25(30)32-14-33-26(23)36(24)4)18-7-10-21(20(29)13-18)38-28-31-12-11-16(3)34-28;/h5-14H,1H2,2-4H3,(H,35,37)(H2,30,32,33);1H. The van der Waals surface area contributed by atoms with Crippen molar-refractivity contribution in [3.05, 3.63) is 84.7 Å². The molecule has 0 spiro atoms. The molecule has 5 aromatic rings. The molecule has 5 rings (SSSR count). The van der Waals surface area contributed by atoms with Crippen LogP contribution in [0.5, 0.6) is 11.8 Å². The van der Waals surface area contributed by atoms with Crippen LogP contribution >= 0.6 is 12.4 Å². The van der Waals surface area contributed by atoms with Crippen molar-refractivity contribution in [3.63, 3.8) is 0 Å². The minimum absolute atomic E-state index is 0. The van der Waals surface area contributed by atoms with Crippen molar-refractivity contribution in [2.75, 3.05) is 11.1 Å². The molecule has 0 fully saturated rings. The Hall–Kier alpha value is -4.83. The van der Waals surface area contributed by atoms with Crippen molar-refractivity contribution in [2.24, 2.45) is 7.05 Å². The third kappa shape index (κ3) is 5.27. The number of nitrogen functional groups attached to an aromatic ring is 1. The molecule has 11 heteroatoms. The van der Waals surface area contributed by atoms with Gasteiger partial charge in [-0.1, -0.05) is 24.8 Å². The number of fused-ring (bicyclic) bond motifs is 1. The Morgan fingerprint density at radius 1 is 1.08 bits per heavy atom. The quantitative estimate of drug-likeness (QED) is 0.257. The maximum Gasteiger partial charge on any atom is 0.322 e. The van der Waals surface area contributed by atoms with Crippen molar-refractivity contribution < 1.29 is 13.9 Å². The number of anilines is 2. The minimum Gasteiger partial charge on any atom is -0.421 e. The van der Waals surface area contributed by atoms with Crippen molar-refractivity contribution in [2.45, 2.75) is 13.8 Å². The van der Waals surface area contributed by atoms with Gasteiger partial charge in [0.05, 0.1) is 11.1 Å². The molecule has 198 valence electrons. The first kappa shape index (κ1) is 27.2. The topological polar surface area (TPSA) is 121 Å².